The molecule has 0 unspecified atom stereocenters. The summed E-state index contributed by atoms with van der Waals surface area (Å²) in [6.07, 6.45) is 1.65. The van der Waals surface area contributed by atoms with Crippen LogP contribution in [0.1, 0.15) is 30.4 Å². The Morgan fingerprint density at radius 1 is 1.10 bits per heavy atom. The number of anilines is 1. The molecule has 216 valence electrons. The summed E-state index contributed by atoms with van der Waals surface area (Å²) < 4.78 is 52.6. The highest BCUT2D eigenvalue weighted by Crippen LogP contribution is 2.38. The number of hydrogen-bond acceptors (Lipinski definition) is 8. The number of nitrogens with zero attached hydrogens (tertiary/aromatic N) is 6. The maximum Gasteiger partial charge on any atom is 0.439 e. The van der Waals surface area contributed by atoms with Gasteiger partial charge >= 0.3 is 11.9 Å². The molecule has 10 nitrogen and oxygen atoms in total. The minimum absolute atomic E-state index is 0.0728. The lowest BCUT2D eigenvalue weighted by atomic mass is 10.1. The summed E-state index contributed by atoms with van der Waals surface area (Å²) in [7, 11) is 0. The number of nitrogens with one attached hydrogen (secondary N) is 1. The lowest BCUT2D eigenvalue weighted by Crippen LogP contribution is -2.49. The summed E-state index contributed by atoms with van der Waals surface area (Å²) in [5.74, 6) is 0.0418. The maximum atomic E-state index is 13.3. The Morgan fingerprint density at radius 2 is 1.93 bits per heavy atom. The van der Waals surface area contributed by atoms with Crippen molar-refractivity contribution in [2.45, 2.75) is 44.1 Å². The largest absolute Gasteiger partial charge is 0.439 e. The zero-order valence-electron chi connectivity index (χ0n) is 21.9. The van der Waals surface area contributed by atoms with Gasteiger partial charge in [0.15, 0.2) is 0 Å². The summed E-state index contributed by atoms with van der Waals surface area (Å²) in [6, 6.07) is 8.62. The third-order valence-corrected chi connectivity index (χ3v) is 7.93. The Balaban J connectivity index is 1.46. The highest BCUT2D eigenvalue weighted by Gasteiger charge is 2.39. The molecule has 14 heteroatoms. The van der Waals surface area contributed by atoms with Gasteiger partial charge in [0.05, 0.1) is 52.6 Å². The molecule has 4 aromatic heterocycles. The van der Waals surface area contributed by atoms with Crippen LogP contribution in [-0.4, -0.2) is 55.0 Å². The fourth-order valence-corrected chi connectivity index (χ4v) is 6.05. The Bertz CT molecular complexity index is 1830. The number of rotatable bonds is 5. The molecule has 5 heterocycles. The Labute approximate surface area is 241 Å². The molecule has 1 N–H and O–H groups in total. The van der Waals surface area contributed by atoms with Crippen molar-refractivity contribution >= 4 is 28.6 Å². The van der Waals surface area contributed by atoms with Gasteiger partial charge in [-0.15, -0.1) is 0 Å². The second-order valence-electron chi connectivity index (χ2n) is 10.4. The SMILES string of the molecule is O=c1[nH]c(-c2cc3nc(N4CCO[C@H]5CCC[C@@H]54)n(Cc4ccc(C(F)(F)F)cc4)c3c(-c3cncc(Cl)c3)n2)no1. The van der Waals surface area contributed by atoms with E-state index in [2.05, 4.69) is 20.0 Å². The Morgan fingerprint density at radius 3 is 2.67 bits per heavy atom. The molecule has 5 aromatic rings. The molecule has 42 heavy (non-hydrogen) atoms. The average molecular weight is 598 g/mol. The van der Waals surface area contributed by atoms with E-state index in [0.717, 1.165) is 31.4 Å². The Hall–Kier alpha value is -4.23. The van der Waals surface area contributed by atoms with Crippen LogP contribution >= 0.6 is 11.6 Å². The van der Waals surface area contributed by atoms with Crippen LogP contribution in [0.2, 0.25) is 5.02 Å². The van der Waals surface area contributed by atoms with Crippen molar-refractivity contribution in [2.24, 2.45) is 0 Å². The number of ether oxygens (including phenoxy) is 1. The first-order chi connectivity index (χ1) is 20.2. The molecular formula is C28H23ClF3N7O3. The van der Waals surface area contributed by atoms with Gasteiger partial charge in [-0.3, -0.25) is 14.5 Å². The molecule has 2 aliphatic rings. The van der Waals surface area contributed by atoms with Crippen LogP contribution in [0.25, 0.3) is 33.8 Å². The van der Waals surface area contributed by atoms with Crippen molar-refractivity contribution in [1.29, 1.82) is 0 Å². The minimum atomic E-state index is -4.44. The van der Waals surface area contributed by atoms with Crippen molar-refractivity contribution in [3.63, 3.8) is 0 Å². The fraction of sp³-hybridized carbons (Fsp3) is 0.321. The predicted molar refractivity (Wildman–Crippen MR) is 147 cm³/mol. The van der Waals surface area contributed by atoms with E-state index in [9.17, 15) is 18.0 Å². The van der Waals surface area contributed by atoms with E-state index in [4.69, 9.17) is 30.8 Å². The van der Waals surface area contributed by atoms with Gasteiger partial charge in [-0.1, -0.05) is 28.9 Å². The van der Waals surface area contributed by atoms with Gasteiger partial charge in [0, 0.05) is 24.5 Å². The van der Waals surface area contributed by atoms with Crippen LogP contribution in [0, 0.1) is 0 Å². The van der Waals surface area contributed by atoms with E-state index in [1.54, 1.807) is 18.3 Å². The van der Waals surface area contributed by atoms with E-state index in [1.165, 1.54) is 18.3 Å². The van der Waals surface area contributed by atoms with Crippen LogP contribution in [-0.2, 0) is 17.5 Å². The fourth-order valence-electron chi connectivity index (χ4n) is 5.87. The van der Waals surface area contributed by atoms with Gasteiger partial charge in [0.25, 0.3) is 0 Å². The van der Waals surface area contributed by atoms with Gasteiger partial charge in [-0.2, -0.15) is 13.2 Å². The quantitative estimate of drug-likeness (QED) is 0.290. The van der Waals surface area contributed by atoms with Crippen LogP contribution in [0.5, 0.6) is 0 Å². The third kappa shape index (κ3) is 4.81. The minimum Gasteiger partial charge on any atom is -0.374 e. The number of benzene rings is 1. The smallest absolute Gasteiger partial charge is 0.374 e. The number of halogens is 4. The second kappa shape index (κ2) is 10.2. The first-order valence-corrected chi connectivity index (χ1v) is 13.8. The van der Waals surface area contributed by atoms with Gasteiger partial charge in [0.1, 0.15) is 5.69 Å². The number of imidazole rings is 1. The molecule has 1 saturated heterocycles. The zero-order valence-corrected chi connectivity index (χ0v) is 22.7. The predicted octanol–water partition coefficient (Wildman–Crippen LogP) is 5.31. The number of aromatic amines is 1. The molecule has 2 atom stereocenters. The molecule has 0 radical (unpaired) electrons. The lowest BCUT2D eigenvalue weighted by Gasteiger charge is -2.38. The first kappa shape index (κ1) is 26.7. The van der Waals surface area contributed by atoms with E-state index < -0.39 is 17.5 Å². The van der Waals surface area contributed by atoms with Crippen molar-refractivity contribution in [3.05, 3.63) is 75.5 Å². The third-order valence-electron chi connectivity index (χ3n) is 7.73. The van der Waals surface area contributed by atoms with Crippen LogP contribution < -0.4 is 10.7 Å². The van der Waals surface area contributed by atoms with Gasteiger partial charge < -0.3 is 14.2 Å². The maximum absolute atomic E-state index is 13.3. The molecule has 0 bridgehead atoms. The molecule has 1 aliphatic carbocycles. The number of aromatic nitrogens is 6. The molecule has 1 aromatic carbocycles. The molecule has 2 fully saturated rings. The zero-order chi connectivity index (χ0) is 29.0. The van der Waals surface area contributed by atoms with Crippen molar-refractivity contribution in [2.75, 3.05) is 18.1 Å². The monoisotopic (exact) mass is 597 g/mol. The molecule has 0 spiro atoms. The normalized spacial score (nSPS) is 19.0. The molecular weight excluding hydrogens is 575 g/mol. The standard InChI is InChI=1S/C28H23ClF3N7O3/c29-18-10-16(12-33-13-18)23-24-19(11-20(34-23)25-36-27(40)42-37-25)35-26(38-8-9-41-22-3-1-2-21(22)38)39(24)14-15-4-6-17(7-5-15)28(30,31)32/h4-7,10-13,21-22H,1-3,8-9,14H2,(H,36,37,40)/t21-,22-/m0/s1. The Kier molecular flexibility index (Phi) is 6.50. The average Bonchev–Trinajstić information content (AvgIpc) is 3.71. The van der Waals surface area contributed by atoms with Crippen molar-refractivity contribution in [1.82, 2.24) is 29.7 Å². The number of morpholine rings is 1. The number of alkyl halides is 3. The van der Waals surface area contributed by atoms with Crippen LogP contribution in [0.15, 0.2) is 58.1 Å². The van der Waals surface area contributed by atoms with E-state index in [1.807, 2.05) is 4.57 Å². The van der Waals surface area contributed by atoms with Crippen molar-refractivity contribution < 1.29 is 22.4 Å². The highest BCUT2D eigenvalue weighted by atomic mass is 35.5. The number of fused-ring (bicyclic) bond motifs is 2. The van der Waals surface area contributed by atoms with Crippen LogP contribution in [0.4, 0.5) is 19.1 Å². The first-order valence-electron chi connectivity index (χ1n) is 13.4. The van der Waals surface area contributed by atoms with Gasteiger partial charge in [-0.05, 0) is 49.1 Å². The summed E-state index contributed by atoms with van der Waals surface area (Å²) in [5, 5.41) is 4.19. The number of pyridine rings is 2. The molecule has 0 amide bonds. The second-order valence-corrected chi connectivity index (χ2v) is 10.8. The summed E-state index contributed by atoms with van der Waals surface area (Å²) in [6.45, 7) is 1.35. The number of hydrogen-bond donors (Lipinski definition) is 1. The van der Waals surface area contributed by atoms with E-state index >= 15 is 0 Å². The topological polar surface area (TPSA) is 115 Å². The number of H-pyrrole nitrogens is 1. The molecule has 1 saturated carbocycles. The van der Waals surface area contributed by atoms with Crippen molar-refractivity contribution in [3.8, 4) is 22.8 Å². The summed E-state index contributed by atoms with van der Waals surface area (Å²) >= 11 is 6.31. The summed E-state index contributed by atoms with van der Waals surface area (Å²) in [5.41, 5.74) is 2.47. The van der Waals surface area contributed by atoms with Gasteiger partial charge in [0.2, 0.25) is 11.8 Å². The molecule has 1 aliphatic heterocycles. The van der Waals surface area contributed by atoms with E-state index in [0.29, 0.717) is 57.7 Å². The van der Waals surface area contributed by atoms with Gasteiger partial charge in [-0.25, -0.2) is 14.8 Å². The molecule has 7 rings (SSSR count). The van der Waals surface area contributed by atoms with E-state index in [-0.39, 0.29) is 24.5 Å². The van der Waals surface area contributed by atoms with Crippen LogP contribution in [0.3, 0.4) is 0 Å². The summed E-state index contributed by atoms with van der Waals surface area (Å²) in [4.78, 5) is 30.6. The highest BCUT2D eigenvalue weighted by molar-refractivity contribution is 6.30. The lowest BCUT2D eigenvalue weighted by molar-refractivity contribution is -0.137.